The standard InChI is InChI=1S/C9H12BrNO5S2/c1-9(14,4-7(12)13)5-11-18(15,16)8-6(10)2-3-17-8/h2-3,11,14H,4-5H2,1H3,(H,12,13). The summed E-state index contributed by atoms with van der Waals surface area (Å²) in [5.74, 6) is -1.20. The summed E-state index contributed by atoms with van der Waals surface area (Å²) in [6, 6.07) is 1.59. The van der Waals surface area contributed by atoms with Gasteiger partial charge in [-0.3, -0.25) is 4.79 Å². The van der Waals surface area contributed by atoms with Gasteiger partial charge >= 0.3 is 5.97 Å². The third kappa shape index (κ3) is 4.32. The largest absolute Gasteiger partial charge is 0.481 e. The molecule has 1 unspecified atom stereocenters. The molecule has 0 bridgehead atoms. The number of thiophene rings is 1. The van der Waals surface area contributed by atoms with Crippen LogP contribution < -0.4 is 4.72 Å². The molecule has 1 atom stereocenters. The van der Waals surface area contributed by atoms with Gasteiger partial charge in [0.1, 0.15) is 4.21 Å². The Morgan fingerprint density at radius 1 is 1.61 bits per heavy atom. The molecule has 0 aliphatic carbocycles. The summed E-state index contributed by atoms with van der Waals surface area (Å²) in [4.78, 5) is 10.5. The maximum atomic E-state index is 11.9. The molecule has 0 fully saturated rings. The van der Waals surface area contributed by atoms with E-state index in [1.807, 2.05) is 0 Å². The van der Waals surface area contributed by atoms with E-state index in [4.69, 9.17) is 5.11 Å². The second-order valence-electron chi connectivity index (χ2n) is 3.95. The second-order valence-corrected chi connectivity index (χ2v) is 7.68. The summed E-state index contributed by atoms with van der Waals surface area (Å²) in [6.07, 6.45) is -0.541. The minimum Gasteiger partial charge on any atom is -0.481 e. The lowest BCUT2D eigenvalue weighted by atomic mass is 10.0. The lowest BCUT2D eigenvalue weighted by Crippen LogP contribution is -2.41. The monoisotopic (exact) mass is 357 g/mol. The first-order chi connectivity index (χ1) is 8.14. The zero-order valence-electron chi connectivity index (χ0n) is 9.38. The topological polar surface area (TPSA) is 104 Å². The molecule has 0 aliphatic heterocycles. The van der Waals surface area contributed by atoms with E-state index >= 15 is 0 Å². The molecule has 1 aromatic heterocycles. The molecule has 0 amide bonds. The number of sulfonamides is 1. The molecule has 18 heavy (non-hydrogen) atoms. The number of carboxylic acid groups (broad SMARTS) is 1. The molecule has 0 spiro atoms. The Hall–Kier alpha value is -0.480. The molecule has 0 radical (unpaired) electrons. The highest BCUT2D eigenvalue weighted by atomic mass is 79.9. The van der Waals surface area contributed by atoms with Crippen LogP contribution in [0.25, 0.3) is 0 Å². The van der Waals surface area contributed by atoms with Gasteiger partial charge in [-0.05, 0) is 34.3 Å². The van der Waals surface area contributed by atoms with Crippen LogP contribution in [-0.4, -0.2) is 36.7 Å². The van der Waals surface area contributed by atoms with Gasteiger partial charge in [-0.1, -0.05) is 0 Å². The van der Waals surface area contributed by atoms with Crippen LogP contribution in [0.15, 0.2) is 20.1 Å². The van der Waals surface area contributed by atoms with Gasteiger partial charge in [-0.25, -0.2) is 13.1 Å². The predicted molar refractivity (Wildman–Crippen MR) is 70.1 cm³/mol. The molecule has 1 heterocycles. The number of hydrogen-bond donors (Lipinski definition) is 3. The Bertz CT molecular complexity index is 537. The highest BCUT2D eigenvalue weighted by Crippen LogP contribution is 2.27. The van der Waals surface area contributed by atoms with Gasteiger partial charge in [-0.15, -0.1) is 11.3 Å². The van der Waals surface area contributed by atoms with Gasteiger partial charge in [0.15, 0.2) is 0 Å². The van der Waals surface area contributed by atoms with Crippen LogP contribution in [0.2, 0.25) is 0 Å². The fourth-order valence-electron chi connectivity index (χ4n) is 1.18. The van der Waals surface area contributed by atoms with Crippen LogP contribution in [0, 0.1) is 0 Å². The Labute approximate surface area is 117 Å². The van der Waals surface area contributed by atoms with Crippen molar-refractivity contribution >= 4 is 43.3 Å². The van der Waals surface area contributed by atoms with Crippen LogP contribution in [0.5, 0.6) is 0 Å². The quantitative estimate of drug-likeness (QED) is 0.704. The molecule has 1 rings (SSSR count). The van der Waals surface area contributed by atoms with E-state index in [2.05, 4.69) is 20.7 Å². The molecular weight excluding hydrogens is 346 g/mol. The number of carbonyl (C=O) groups is 1. The molecule has 102 valence electrons. The van der Waals surface area contributed by atoms with Gasteiger partial charge in [0.2, 0.25) is 0 Å². The van der Waals surface area contributed by atoms with Gasteiger partial charge in [0.05, 0.1) is 12.0 Å². The number of carboxylic acids is 1. The first-order valence-electron chi connectivity index (χ1n) is 4.81. The summed E-state index contributed by atoms with van der Waals surface area (Å²) in [5, 5.41) is 19.9. The van der Waals surface area contributed by atoms with Crippen molar-refractivity contribution in [1.82, 2.24) is 4.72 Å². The predicted octanol–water partition coefficient (Wildman–Crippen LogP) is 1.01. The van der Waals surface area contributed by atoms with Crippen LogP contribution in [0.4, 0.5) is 0 Å². The Kier molecular flexibility index (Phi) is 4.90. The number of rotatable bonds is 6. The summed E-state index contributed by atoms with van der Waals surface area (Å²) in [6.45, 7) is 0.888. The van der Waals surface area contributed by atoms with E-state index in [1.165, 1.54) is 6.92 Å². The lowest BCUT2D eigenvalue weighted by molar-refractivity contribution is -0.141. The second kappa shape index (κ2) is 5.66. The van der Waals surface area contributed by atoms with Gasteiger partial charge < -0.3 is 10.2 Å². The lowest BCUT2D eigenvalue weighted by Gasteiger charge is -2.21. The van der Waals surface area contributed by atoms with Crippen molar-refractivity contribution in [3.05, 3.63) is 15.9 Å². The Morgan fingerprint density at radius 2 is 2.22 bits per heavy atom. The number of halogens is 1. The SMILES string of the molecule is CC(O)(CNS(=O)(=O)c1sccc1Br)CC(=O)O. The molecule has 3 N–H and O–H groups in total. The van der Waals surface area contributed by atoms with Crippen LogP contribution in [0.3, 0.4) is 0 Å². The van der Waals surface area contributed by atoms with Crippen LogP contribution in [-0.2, 0) is 14.8 Å². The maximum absolute atomic E-state index is 11.9. The maximum Gasteiger partial charge on any atom is 0.306 e. The van der Waals surface area contributed by atoms with Crippen molar-refractivity contribution in [1.29, 1.82) is 0 Å². The normalized spacial score (nSPS) is 15.3. The molecule has 0 aliphatic rings. The van der Waals surface area contributed by atoms with E-state index in [1.54, 1.807) is 11.4 Å². The zero-order chi connectivity index (χ0) is 14.0. The molecule has 0 aromatic carbocycles. The van der Waals surface area contributed by atoms with Crippen molar-refractivity contribution in [2.24, 2.45) is 0 Å². The zero-order valence-corrected chi connectivity index (χ0v) is 12.6. The fourth-order valence-corrected chi connectivity index (χ4v) is 4.72. The van der Waals surface area contributed by atoms with Crippen molar-refractivity contribution in [3.8, 4) is 0 Å². The number of hydrogen-bond acceptors (Lipinski definition) is 5. The first-order valence-corrected chi connectivity index (χ1v) is 7.96. The molecule has 0 saturated heterocycles. The number of nitrogens with one attached hydrogen (secondary N) is 1. The third-order valence-corrected chi connectivity index (χ3v) is 6.07. The number of aliphatic carboxylic acids is 1. The molecule has 0 saturated carbocycles. The van der Waals surface area contributed by atoms with Crippen molar-refractivity contribution < 1.29 is 23.4 Å². The van der Waals surface area contributed by atoms with E-state index in [0.29, 0.717) is 4.47 Å². The first kappa shape index (κ1) is 15.6. The molecule has 9 heteroatoms. The Balaban J connectivity index is 2.75. The van der Waals surface area contributed by atoms with Gasteiger partial charge in [-0.2, -0.15) is 0 Å². The molecular formula is C9H12BrNO5S2. The highest BCUT2D eigenvalue weighted by molar-refractivity contribution is 9.10. The van der Waals surface area contributed by atoms with Crippen molar-refractivity contribution in [3.63, 3.8) is 0 Å². The average Bonchev–Trinajstić information content (AvgIpc) is 2.61. The minimum atomic E-state index is -3.75. The van der Waals surface area contributed by atoms with E-state index < -0.39 is 28.0 Å². The third-order valence-electron chi connectivity index (χ3n) is 2.00. The number of aliphatic hydroxyl groups is 1. The molecule has 6 nitrogen and oxygen atoms in total. The summed E-state index contributed by atoms with van der Waals surface area (Å²) < 4.78 is 26.4. The van der Waals surface area contributed by atoms with E-state index in [-0.39, 0.29) is 10.8 Å². The average molecular weight is 358 g/mol. The summed E-state index contributed by atoms with van der Waals surface area (Å²) in [5.41, 5.74) is -1.64. The van der Waals surface area contributed by atoms with Crippen molar-refractivity contribution in [2.75, 3.05) is 6.54 Å². The van der Waals surface area contributed by atoms with E-state index in [9.17, 15) is 18.3 Å². The van der Waals surface area contributed by atoms with Crippen LogP contribution >= 0.6 is 27.3 Å². The van der Waals surface area contributed by atoms with Crippen LogP contribution in [0.1, 0.15) is 13.3 Å². The highest BCUT2D eigenvalue weighted by Gasteiger charge is 2.28. The molecule has 1 aromatic rings. The van der Waals surface area contributed by atoms with Gasteiger partial charge in [0.25, 0.3) is 10.0 Å². The Morgan fingerprint density at radius 3 is 2.67 bits per heavy atom. The fraction of sp³-hybridized carbons (Fsp3) is 0.444. The minimum absolute atomic E-state index is 0.0913. The smallest absolute Gasteiger partial charge is 0.306 e. The van der Waals surface area contributed by atoms with E-state index in [0.717, 1.165) is 11.3 Å². The summed E-state index contributed by atoms with van der Waals surface area (Å²) in [7, 11) is -3.75. The van der Waals surface area contributed by atoms with Gasteiger partial charge in [0, 0.05) is 11.0 Å². The van der Waals surface area contributed by atoms with Crippen molar-refractivity contribution in [2.45, 2.75) is 23.2 Å². The summed E-state index contributed by atoms with van der Waals surface area (Å²) >= 11 is 4.12.